The first-order valence-corrected chi connectivity index (χ1v) is 9.28. The Labute approximate surface area is 144 Å². The highest BCUT2D eigenvalue weighted by Crippen LogP contribution is 2.26. The Hall–Kier alpha value is -2.01. The van der Waals surface area contributed by atoms with E-state index in [-0.39, 0.29) is 16.8 Å². The van der Waals surface area contributed by atoms with E-state index in [0.29, 0.717) is 12.2 Å². The fraction of sp³-hybridized carbons (Fsp3) is 0.316. The van der Waals surface area contributed by atoms with Gasteiger partial charge in [0.1, 0.15) is 11.6 Å². The second-order valence-corrected chi connectivity index (χ2v) is 7.25. The molecule has 5 heteroatoms. The number of carbonyl (C=O) groups is 1. The van der Waals surface area contributed by atoms with E-state index in [1.807, 2.05) is 19.1 Å². The van der Waals surface area contributed by atoms with Crippen LogP contribution >= 0.6 is 0 Å². The molecule has 0 heterocycles. The van der Waals surface area contributed by atoms with Crippen molar-refractivity contribution in [1.82, 2.24) is 0 Å². The fourth-order valence-corrected chi connectivity index (χ4v) is 3.31. The maximum Gasteiger partial charge on any atom is 0.318 e. The van der Waals surface area contributed by atoms with Crippen LogP contribution in [-0.4, -0.2) is 22.5 Å². The van der Waals surface area contributed by atoms with Crippen LogP contribution in [0, 0.1) is 5.82 Å². The normalized spacial score (nSPS) is 13.3. The average molecular weight is 348 g/mol. The molecule has 0 N–H and O–H groups in total. The second kappa shape index (κ2) is 8.73. The number of hydrogen-bond donors (Lipinski definition) is 0. The van der Waals surface area contributed by atoms with E-state index in [4.69, 9.17) is 4.74 Å². The molecule has 2 aromatic carbocycles. The lowest BCUT2D eigenvalue weighted by atomic mass is 10.0. The van der Waals surface area contributed by atoms with Gasteiger partial charge in [-0.2, -0.15) is 0 Å². The van der Waals surface area contributed by atoms with Crippen LogP contribution in [0.15, 0.2) is 48.5 Å². The molecule has 0 aliphatic carbocycles. The topological polar surface area (TPSA) is 43.4 Å². The summed E-state index contributed by atoms with van der Waals surface area (Å²) < 4.78 is 31.0. The predicted molar refractivity (Wildman–Crippen MR) is 94.5 cm³/mol. The van der Waals surface area contributed by atoms with Gasteiger partial charge < -0.3 is 4.74 Å². The number of carbonyl (C=O) groups excluding carboxylic acids is 1. The van der Waals surface area contributed by atoms with Gasteiger partial charge in [-0.1, -0.05) is 49.4 Å². The summed E-state index contributed by atoms with van der Waals surface area (Å²) in [7, 11) is -1.35. The third kappa shape index (κ3) is 4.74. The largest absolute Gasteiger partial charge is 0.465 e. The number of benzene rings is 2. The van der Waals surface area contributed by atoms with Crippen molar-refractivity contribution in [3.63, 3.8) is 0 Å². The van der Waals surface area contributed by atoms with Crippen LogP contribution in [-0.2, 0) is 20.3 Å². The minimum Gasteiger partial charge on any atom is -0.465 e. The molecule has 0 saturated heterocycles. The molecule has 2 rings (SSSR count). The molecule has 0 amide bonds. The van der Waals surface area contributed by atoms with E-state index in [2.05, 4.69) is 0 Å². The summed E-state index contributed by atoms with van der Waals surface area (Å²) in [5, 5.41) is -0.297. The van der Waals surface area contributed by atoms with Crippen molar-refractivity contribution >= 4 is 16.8 Å². The van der Waals surface area contributed by atoms with Gasteiger partial charge in [0.2, 0.25) is 0 Å². The number of hydrogen-bond acceptors (Lipinski definition) is 3. The zero-order valence-electron chi connectivity index (χ0n) is 13.8. The smallest absolute Gasteiger partial charge is 0.318 e. The summed E-state index contributed by atoms with van der Waals surface area (Å²) in [5.74, 6) is -0.832. The third-order valence-corrected chi connectivity index (χ3v) is 5.27. The van der Waals surface area contributed by atoms with E-state index in [0.717, 1.165) is 17.5 Å². The first-order valence-electron chi connectivity index (χ1n) is 7.90. The maximum absolute atomic E-state index is 13.8. The Bertz CT molecular complexity index is 713. The Morgan fingerprint density at radius 3 is 2.46 bits per heavy atom. The molecule has 0 aromatic heterocycles. The molecule has 0 aliphatic rings. The molecule has 0 saturated carbocycles. The highest BCUT2D eigenvalue weighted by molar-refractivity contribution is 7.85. The molecule has 3 nitrogen and oxygen atoms in total. The molecule has 0 aliphatic heterocycles. The lowest BCUT2D eigenvalue weighted by molar-refractivity contribution is -0.140. The van der Waals surface area contributed by atoms with Gasteiger partial charge in [0.05, 0.1) is 11.9 Å². The quantitative estimate of drug-likeness (QED) is 0.702. The molecule has 2 aromatic rings. The van der Waals surface area contributed by atoms with E-state index in [1.54, 1.807) is 37.3 Å². The Kier molecular flexibility index (Phi) is 6.67. The first-order chi connectivity index (χ1) is 11.5. The highest BCUT2D eigenvalue weighted by atomic mass is 32.2. The molecule has 0 fully saturated rings. The van der Waals surface area contributed by atoms with Gasteiger partial charge in [-0.25, -0.2) is 4.39 Å². The van der Waals surface area contributed by atoms with Crippen molar-refractivity contribution in [2.45, 2.75) is 25.5 Å². The maximum atomic E-state index is 13.8. The van der Waals surface area contributed by atoms with Gasteiger partial charge in [-0.15, -0.1) is 0 Å². The molecule has 128 valence electrons. The van der Waals surface area contributed by atoms with Crippen LogP contribution in [0.5, 0.6) is 0 Å². The second-order valence-electron chi connectivity index (χ2n) is 5.49. The van der Waals surface area contributed by atoms with Crippen LogP contribution in [0.3, 0.4) is 0 Å². The SMILES string of the molecule is CCCOC(=O)CS(=O)C(C)c1ccc(-c2ccccc2F)cc1. The van der Waals surface area contributed by atoms with Gasteiger partial charge in [-0.3, -0.25) is 9.00 Å². The van der Waals surface area contributed by atoms with E-state index < -0.39 is 16.8 Å². The third-order valence-electron chi connectivity index (χ3n) is 3.69. The van der Waals surface area contributed by atoms with E-state index >= 15 is 0 Å². The summed E-state index contributed by atoms with van der Waals surface area (Å²) in [6.07, 6.45) is 0.742. The minimum atomic E-state index is -1.35. The fourth-order valence-electron chi connectivity index (χ4n) is 2.28. The van der Waals surface area contributed by atoms with Gasteiger partial charge in [0.25, 0.3) is 0 Å². The molecule has 2 unspecified atom stereocenters. The molecule has 0 spiro atoms. The molecule has 0 radical (unpaired) electrons. The Morgan fingerprint density at radius 2 is 1.83 bits per heavy atom. The molecular weight excluding hydrogens is 327 g/mol. The van der Waals surface area contributed by atoms with Gasteiger partial charge in [0.15, 0.2) is 0 Å². The minimum absolute atomic E-state index is 0.115. The van der Waals surface area contributed by atoms with E-state index in [1.165, 1.54) is 6.07 Å². The molecule has 0 bridgehead atoms. The van der Waals surface area contributed by atoms with Gasteiger partial charge in [-0.05, 0) is 30.5 Å². The summed E-state index contributed by atoms with van der Waals surface area (Å²) in [5.41, 5.74) is 2.13. The number of halogens is 1. The summed E-state index contributed by atoms with van der Waals surface area (Å²) in [6.45, 7) is 4.06. The van der Waals surface area contributed by atoms with E-state index in [9.17, 15) is 13.4 Å². The molecular formula is C19H21FO3S. The number of rotatable bonds is 7. The summed E-state index contributed by atoms with van der Waals surface area (Å²) >= 11 is 0. The van der Waals surface area contributed by atoms with Crippen molar-refractivity contribution < 1.29 is 18.1 Å². The van der Waals surface area contributed by atoms with Crippen molar-refractivity contribution in [3.8, 4) is 11.1 Å². The van der Waals surface area contributed by atoms with Crippen molar-refractivity contribution in [2.24, 2.45) is 0 Å². The lowest BCUT2D eigenvalue weighted by Crippen LogP contribution is -2.17. The Balaban J connectivity index is 2.06. The zero-order chi connectivity index (χ0) is 17.5. The molecule has 2 atom stereocenters. The van der Waals surface area contributed by atoms with Gasteiger partial charge in [0, 0.05) is 16.4 Å². The summed E-state index contributed by atoms with van der Waals surface area (Å²) in [6, 6.07) is 13.8. The van der Waals surface area contributed by atoms with Crippen molar-refractivity contribution in [2.75, 3.05) is 12.4 Å². The van der Waals surface area contributed by atoms with Crippen LogP contribution in [0.1, 0.15) is 31.1 Å². The zero-order valence-corrected chi connectivity index (χ0v) is 14.6. The average Bonchev–Trinajstić information content (AvgIpc) is 2.60. The lowest BCUT2D eigenvalue weighted by Gasteiger charge is -2.12. The predicted octanol–water partition coefficient (Wildman–Crippen LogP) is 4.26. The standard InChI is InChI=1S/C19H21FO3S/c1-3-12-23-19(21)13-24(22)14(2)15-8-10-16(11-9-15)17-6-4-5-7-18(17)20/h4-11,14H,3,12-13H2,1-2H3. The number of esters is 1. The highest BCUT2D eigenvalue weighted by Gasteiger charge is 2.18. The van der Waals surface area contributed by atoms with Crippen molar-refractivity contribution in [1.29, 1.82) is 0 Å². The van der Waals surface area contributed by atoms with Crippen LogP contribution in [0.2, 0.25) is 0 Å². The van der Waals surface area contributed by atoms with Crippen LogP contribution < -0.4 is 0 Å². The van der Waals surface area contributed by atoms with Gasteiger partial charge >= 0.3 is 5.97 Å². The molecule has 24 heavy (non-hydrogen) atoms. The monoisotopic (exact) mass is 348 g/mol. The van der Waals surface area contributed by atoms with Crippen LogP contribution in [0.25, 0.3) is 11.1 Å². The van der Waals surface area contributed by atoms with Crippen LogP contribution in [0.4, 0.5) is 4.39 Å². The number of ether oxygens (including phenoxy) is 1. The Morgan fingerprint density at radius 1 is 1.17 bits per heavy atom. The first kappa shape index (κ1) is 18.3. The summed E-state index contributed by atoms with van der Waals surface area (Å²) in [4.78, 5) is 11.6. The van der Waals surface area contributed by atoms with Crippen molar-refractivity contribution in [3.05, 3.63) is 59.9 Å².